The molecule has 0 bridgehead atoms. The molecule has 0 aliphatic carbocycles. The molecule has 1 aromatic heterocycles. The topological polar surface area (TPSA) is 45.7 Å². The SMILES string of the molecule is O=C(C1CCOCC1)N1CCN(Cc2cccc3cccnc23)CC1. The lowest BCUT2D eigenvalue weighted by Gasteiger charge is -2.37. The number of amides is 1. The predicted octanol–water partition coefficient (Wildman–Crippen LogP) is 2.31. The quantitative estimate of drug-likeness (QED) is 0.861. The van der Waals surface area contributed by atoms with Gasteiger partial charge in [-0.3, -0.25) is 14.7 Å². The second-order valence-electron chi connectivity index (χ2n) is 6.98. The third-order valence-corrected chi connectivity index (χ3v) is 5.36. The van der Waals surface area contributed by atoms with Gasteiger partial charge < -0.3 is 9.64 Å². The Morgan fingerprint density at radius 2 is 1.84 bits per heavy atom. The van der Waals surface area contributed by atoms with Crippen molar-refractivity contribution in [2.24, 2.45) is 5.92 Å². The number of carbonyl (C=O) groups is 1. The highest BCUT2D eigenvalue weighted by Gasteiger charge is 2.28. The van der Waals surface area contributed by atoms with Gasteiger partial charge >= 0.3 is 0 Å². The molecule has 132 valence electrons. The number of hydrogen-bond donors (Lipinski definition) is 0. The molecule has 2 aliphatic rings. The molecule has 5 heteroatoms. The minimum Gasteiger partial charge on any atom is -0.381 e. The molecular formula is C20H25N3O2. The summed E-state index contributed by atoms with van der Waals surface area (Å²) in [6.45, 7) is 5.86. The Morgan fingerprint density at radius 1 is 1.08 bits per heavy atom. The molecular weight excluding hydrogens is 314 g/mol. The molecule has 2 aromatic rings. The molecule has 25 heavy (non-hydrogen) atoms. The average molecular weight is 339 g/mol. The van der Waals surface area contributed by atoms with Crippen LogP contribution < -0.4 is 0 Å². The van der Waals surface area contributed by atoms with Crippen molar-refractivity contribution in [1.29, 1.82) is 0 Å². The minimum atomic E-state index is 0.169. The molecule has 0 unspecified atom stereocenters. The second kappa shape index (κ2) is 7.50. The van der Waals surface area contributed by atoms with E-state index in [4.69, 9.17) is 4.74 Å². The summed E-state index contributed by atoms with van der Waals surface area (Å²) in [5, 5.41) is 1.19. The van der Waals surface area contributed by atoms with E-state index in [0.29, 0.717) is 5.91 Å². The van der Waals surface area contributed by atoms with Crippen LogP contribution in [-0.2, 0) is 16.1 Å². The lowest BCUT2D eigenvalue weighted by Crippen LogP contribution is -2.50. The summed E-state index contributed by atoms with van der Waals surface area (Å²) in [5.41, 5.74) is 2.35. The number of rotatable bonds is 3. The second-order valence-corrected chi connectivity index (χ2v) is 6.98. The summed E-state index contributed by atoms with van der Waals surface area (Å²) in [6, 6.07) is 10.5. The fourth-order valence-electron chi connectivity index (χ4n) is 3.87. The first-order valence-corrected chi connectivity index (χ1v) is 9.23. The summed E-state index contributed by atoms with van der Waals surface area (Å²) in [7, 11) is 0. The number of piperazine rings is 1. The van der Waals surface area contributed by atoms with Gasteiger partial charge in [-0.1, -0.05) is 24.3 Å². The molecule has 5 nitrogen and oxygen atoms in total. The third kappa shape index (κ3) is 3.67. The van der Waals surface area contributed by atoms with Gasteiger partial charge in [0, 0.05) is 63.4 Å². The fourth-order valence-corrected chi connectivity index (χ4v) is 3.87. The van der Waals surface area contributed by atoms with Gasteiger partial charge in [0.05, 0.1) is 5.52 Å². The van der Waals surface area contributed by atoms with Crippen molar-refractivity contribution >= 4 is 16.8 Å². The molecule has 2 aliphatic heterocycles. The van der Waals surface area contributed by atoms with E-state index in [2.05, 4.69) is 34.1 Å². The van der Waals surface area contributed by atoms with Gasteiger partial charge in [-0.05, 0) is 24.5 Å². The predicted molar refractivity (Wildman–Crippen MR) is 97.1 cm³/mol. The fraction of sp³-hybridized carbons (Fsp3) is 0.500. The van der Waals surface area contributed by atoms with Crippen molar-refractivity contribution in [2.45, 2.75) is 19.4 Å². The molecule has 1 aromatic carbocycles. The van der Waals surface area contributed by atoms with Gasteiger partial charge in [0.15, 0.2) is 0 Å². The Kier molecular flexibility index (Phi) is 4.95. The minimum absolute atomic E-state index is 0.169. The van der Waals surface area contributed by atoms with Gasteiger partial charge in [0.1, 0.15) is 0 Å². The van der Waals surface area contributed by atoms with Crippen LogP contribution in [0.15, 0.2) is 36.5 Å². The molecule has 0 N–H and O–H groups in total. The standard InChI is InChI=1S/C20H25N3O2/c24-20(17-6-13-25-14-7-17)23-11-9-22(10-12-23)15-18-4-1-3-16-5-2-8-21-19(16)18/h1-5,8,17H,6-7,9-15H2. The third-order valence-electron chi connectivity index (χ3n) is 5.36. The number of nitrogens with zero attached hydrogens (tertiary/aromatic N) is 3. The van der Waals surface area contributed by atoms with Crippen molar-refractivity contribution in [3.8, 4) is 0 Å². The Balaban J connectivity index is 1.36. The number of para-hydroxylation sites is 1. The number of aromatic nitrogens is 1. The van der Waals surface area contributed by atoms with Crippen molar-refractivity contribution in [2.75, 3.05) is 39.4 Å². The van der Waals surface area contributed by atoms with E-state index < -0.39 is 0 Å². The molecule has 3 heterocycles. The number of carbonyl (C=O) groups excluding carboxylic acids is 1. The maximum atomic E-state index is 12.6. The number of hydrogen-bond acceptors (Lipinski definition) is 4. The van der Waals surface area contributed by atoms with Gasteiger partial charge in [0.2, 0.25) is 5.91 Å². The number of benzene rings is 1. The zero-order valence-corrected chi connectivity index (χ0v) is 14.6. The molecule has 0 radical (unpaired) electrons. The van der Waals surface area contributed by atoms with E-state index in [1.807, 2.05) is 17.2 Å². The summed E-state index contributed by atoms with van der Waals surface area (Å²) in [6.07, 6.45) is 3.61. The first-order valence-electron chi connectivity index (χ1n) is 9.23. The van der Waals surface area contributed by atoms with E-state index in [0.717, 1.165) is 64.3 Å². The highest BCUT2D eigenvalue weighted by atomic mass is 16.5. The zero-order valence-electron chi connectivity index (χ0n) is 14.6. The van der Waals surface area contributed by atoms with Crippen molar-refractivity contribution in [3.63, 3.8) is 0 Å². The highest BCUT2D eigenvalue weighted by molar-refractivity contribution is 5.81. The Bertz CT molecular complexity index is 729. The van der Waals surface area contributed by atoms with E-state index in [1.165, 1.54) is 10.9 Å². The number of fused-ring (bicyclic) bond motifs is 1. The monoisotopic (exact) mass is 339 g/mol. The molecule has 2 saturated heterocycles. The molecule has 0 atom stereocenters. The normalized spacial score (nSPS) is 20.1. The van der Waals surface area contributed by atoms with Crippen LogP contribution in [0.2, 0.25) is 0 Å². The van der Waals surface area contributed by atoms with Crippen molar-refractivity contribution in [3.05, 3.63) is 42.1 Å². The molecule has 0 spiro atoms. The van der Waals surface area contributed by atoms with Gasteiger partial charge in [-0.2, -0.15) is 0 Å². The Morgan fingerprint density at radius 3 is 2.64 bits per heavy atom. The van der Waals surface area contributed by atoms with Crippen LogP contribution in [0, 0.1) is 5.92 Å². The van der Waals surface area contributed by atoms with E-state index in [1.54, 1.807) is 0 Å². The average Bonchev–Trinajstić information content (AvgIpc) is 2.69. The summed E-state index contributed by atoms with van der Waals surface area (Å²) >= 11 is 0. The summed E-state index contributed by atoms with van der Waals surface area (Å²) < 4.78 is 5.37. The molecule has 0 saturated carbocycles. The molecule has 1 amide bonds. The van der Waals surface area contributed by atoms with Crippen LogP contribution in [0.4, 0.5) is 0 Å². The van der Waals surface area contributed by atoms with Crippen LogP contribution >= 0.6 is 0 Å². The first kappa shape index (κ1) is 16.5. The van der Waals surface area contributed by atoms with Crippen molar-refractivity contribution < 1.29 is 9.53 Å². The first-order chi connectivity index (χ1) is 12.3. The van der Waals surface area contributed by atoms with E-state index in [-0.39, 0.29) is 5.92 Å². The van der Waals surface area contributed by atoms with E-state index in [9.17, 15) is 4.79 Å². The maximum absolute atomic E-state index is 12.6. The highest BCUT2D eigenvalue weighted by Crippen LogP contribution is 2.21. The van der Waals surface area contributed by atoms with Crippen molar-refractivity contribution in [1.82, 2.24) is 14.8 Å². The van der Waals surface area contributed by atoms with Crippen LogP contribution in [-0.4, -0.2) is 60.1 Å². The van der Waals surface area contributed by atoms with Gasteiger partial charge in [-0.15, -0.1) is 0 Å². The van der Waals surface area contributed by atoms with Crippen LogP contribution in [0.1, 0.15) is 18.4 Å². The van der Waals surface area contributed by atoms with Crippen LogP contribution in [0.25, 0.3) is 10.9 Å². The van der Waals surface area contributed by atoms with Gasteiger partial charge in [0.25, 0.3) is 0 Å². The lowest BCUT2D eigenvalue weighted by molar-refractivity contribution is -0.140. The summed E-state index contributed by atoms with van der Waals surface area (Å²) in [5.74, 6) is 0.498. The maximum Gasteiger partial charge on any atom is 0.225 e. The van der Waals surface area contributed by atoms with Crippen LogP contribution in [0.5, 0.6) is 0 Å². The summed E-state index contributed by atoms with van der Waals surface area (Å²) in [4.78, 5) is 21.7. The number of ether oxygens (including phenoxy) is 1. The van der Waals surface area contributed by atoms with Gasteiger partial charge in [-0.25, -0.2) is 0 Å². The van der Waals surface area contributed by atoms with E-state index >= 15 is 0 Å². The largest absolute Gasteiger partial charge is 0.381 e. The smallest absolute Gasteiger partial charge is 0.225 e. The van der Waals surface area contributed by atoms with Crippen LogP contribution in [0.3, 0.4) is 0 Å². The molecule has 2 fully saturated rings. The Labute approximate surface area is 148 Å². The lowest BCUT2D eigenvalue weighted by atomic mass is 9.98. The zero-order chi connectivity index (χ0) is 17.1. The Hall–Kier alpha value is -1.98. The molecule has 4 rings (SSSR count). The number of pyridine rings is 1.